The maximum Gasteiger partial charge on any atom is 0.416 e. The van der Waals surface area contributed by atoms with E-state index in [9.17, 15) is 18.0 Å². The Morgan fingerprint density at radius 3 is 2.57 bits per heavy atom. The van der Waals surface area contributed by atoms with Crippen LogP contribution in [0.25, 0.3) is 0 Å². The first-order valence-electron chi connectivity index (χ1n) is 6.31. The molecule has 2 aromatic rings. The molecule has 0 saturated carbocycles. The van der Waals surface area contributed by atoms with Crippen LogP contribution in [0.15, 0.2) is 35.7 Å². The monoisotopic (exact) mass is 313 g/mol. The van der Waals surface area contributed by atoms with Crippen molar-refractivity contribution in [2.24, 2.45) is 0 Å². The van der Waals surface area contributed by atoms with Gasteiger partial charge in [-0.3, -0.25) is 4.79 Å². The molecule has 1 N–H and O–H groups in total. The lowest BCUT2D eigenvalue weighted by atomic mass is 10.0. The zero-order valence-corrected chi connectivity index (χ0v) is 12.3. The lowest BCUT2D eigenvalue weighted by Gasteiger charge is -2.16. The Hall–Kier alpha value is -1.82. The topological polar surface area (TPSA) is 29.1 Å². The van der Waals surface area contributed by atoms with Gasteiger partial charge in [-0.1, -0.05) is 12.1 Å². The smallest absolute Gasteiger partial charge is 0.345 e. The molecule has 0 saturated heterocycles. The molecule has 1 unspecified atom stereocenters. The first-order chi connectivity index (χ1) is 9.79. The van der Waals surface area contributed by atoms with Gasteiger partial charge >= 0.3 is 6.18 Å². The van der Waals surface area contributed by atoms with E-state index in [0.717, 1.165) is 17.7 Å². The highest BCUT2D eigenvalue weighted by Gasteiger charge is 2.30. The van der Waals surface area contributed by atoms with Crippen LogP contribution < -0.4 is 5.32 Å². The Kier molecular flexibility index (Phi) is 4.37. The average Bonchev–Trinajstić information content (AvgIpc) is 2.84. The number of hydrogen-bond donors (Lipinski definition) is 1. The van der Waals surface area contributed by atoms with Gasteiger partial charge < -0.3 is 5.32 Å². The van der Waals surface area contributed by atoms with Crippen molar-refractivity contribution in [1.29, 1.82) is 0 Å². The fraction of sp³-hybridized carbons (Fsp3) is 0.267. The molecule has 0 bridgehead atoms. The van der Waals surface area contributed by atoms with E-state index in [2.05, 4.69) is 5.32 Å². The van der Waals surface area contributed by atoms with E-state index in [1.807, 2.05) is 13.0 Å². The van der Waals surface area contributed by atoms with Crippen LogP contribution in [0.1, 0.15) is 39.3 Å². The zero-order chi connectivity index (χ0) is 15.6. The predicted molar refractivity (Wildman–Crippen MR) is 76.4 cm³/mol. The van der Waals surface area contributed by atoms with Crippen molar-refractivity contribution in [3.05, 3.63) is 57.3 Å². The summed E-state index contributed by atoms with van der Waals surface area (Å²) in [4.78, 5) is 12.6. The Balaban J connectivity index is 2.16. The van der Waals surface area contributed by atoms with Crippen LogP contribution in [-0.4, -0.2) is 5.91 Å². The van der Waals surface area contributed by atoms with E-state index >= 15 is 0 Å². The Morgan fingerprint density at radius 1 is 1.29 bits per heavy atom. The highest BCUT2D eigenvalue weighted by Crippen LogP contribution is 2.30. The zero-order valence-electron chi connectivity index (χ0n) is 11.5. The Bertz CT molecular complexity index is 648. The SMILES string of the molecule is Cc1ccsc1C(=O)NC(C)c1cccc(C(F)(F)F)c1. The van der Waals surface area contributed by atoms with Gasteiger partial charge in [-0.05, 0) is 48.6 Å². The van der Waals surface area contributed by atoms with Crippen LogP contribution in [0, 0.1) is 6.92 Å². The van der Waals surface area contributed by atoms with Crippen molar-refractivity contribution in [3.63, 3.8) is 0 Å². The minimum absolute atomic E-state index is 0.271. The molecule has 0 aliphatic rings. The van der Waals surface area contributed by atoms with Gasteiger partial charge in [0.25, 0.3) is 5.91 Å². The molecular formula is C15H14F3NOS. The number of thiophene rings is 1. The number of alkyl halides is 3. The standard InChI is InChI=1S/C15H14F3NOS/c1-9-6-7-21-13(9)14(20)19-10(2)11-4-3-5-12(8-11)15(16,17)18/h3-8,10H,1-2H3,(H,19,20). The van der Waals surface area contributed by atoms with Gasteiger partial charge in [0.05, 0.1) is 16.5 Å². The number of hydrogen-bond acceptors (Lipinski definition) is 2. The first kappa shape index (κ1) is 15.6. The predicted octanol–water partition coefficient (Wildman–Crippen LogP) is 4.57. The normalized spacial score (nSPS) is 13.0. The van der Waals surface area contributed by atoms with Crippen molar-refractivity contribution in [2.75, 3.05) is 0 Å². The van der Waals surface area contributed by atoms with Crippen molar-refractivity contribution < 1.29 is 18.0 Å². The lowest BCUT2D eigenvalue weighted by molar-refractivity contribution is -0.137. The van der Waals surface area contributed by atoms with Crippen LogP contribution in [-0.2, 0) is 6.18 Å². The van der Waals surface area contributed by atoms with E-state index in [1.54, 1.807) is 18.4 Å². The lowest BCUT2D eigenvalue weighted by Crippen LogP contribution is -2.26. The summed E-state index contributed by atoms with van der Waals surface area (Å²) < 4.78 is 38.1. The molecule has 1 amide bonds. The van der Waals surface area contributed by atoms with Crippen molar-refractivity contribution in [2.45, 2.75) is 26.1 Å². The van der Waals surface area contributed by atoms with Gasteiger partial charge in [0.2, 0.25) is 0 Å². The average molecular weight is 313 g/mol. The third-order valence-corrected chi connectivity index (χ3v) is 4.15. The first-order valence-corrected chi connectivity index (χ1v) is 7.19. The molecule has 0 spiro atoms. The van der Waals surface area contributed by atoms with E-state index < -0.39 is 17.8 Å². The summed E-state index contributed by atoms with van der Waals surface area (Å²) >= 11 is 1.31. The number of amides is 1. The van der Waals surface area contributed by atoms with E-state index in [0.29, 0.717) is 10.4 Å². The maximum atomic E-state index is 12.7. The van der Waals surface area contributed by atoms with Crippen LogP contribution in [0.2, 0.25) is 0 Å². The van der Waals surface area contributed by atoms with Crippen LogP contribution in [0.3, 0.4) is 0 Å². The third-order valence-electron chi connectivity index (χ3n) is 3.13. The number of aryl methyl sites for hydroxylation is 1. The third kappa shape index (κ3) is 3.64. The number of halogens is 3. The molecule has 0 radical (unpaired) electrons. The second-order valence-corrected chi connectivity index (χ2v) is 5.67. The molecule has 2 nitrogen and oxygen atoms in total. The van der Waals surface area contributed by atoms with E-state index in [1.165, 1.54) is 17.4 Å². The van der Waals surface area contributed by atoms with E-state index in [4.69, 9.17) is 0 Å². The number of carbonyl (C=O) groups excluding carboxylic acids is 1. The quantitative estimate of drug-likeness (QED) is 0.884. The largest absolute Gasteiger partial charge is 0.416 e. The maximum absolute atomic E-state index is 12.7. The fourth-order valence-electron chi connectivity index (χ4n) is 1.94. The highest BCUT2D eigenvalue weighted by molar-refractivity contribution is 7.12. The summed E-state index contributed by atoms with van der Waals surface area (Å²) in [5.74, 6) is -0.271. The van der Waals surface area contributed by atoms with E-state index in [-0.39, 0.29) is 5.91 Å². The summed E-state index contributed by atoms with van der Waals surface area (Å²) in [6, 6.07) is 6.32. The molecule has 1 aromatic carbocycles. The molecular weight excluding hydrogens is 299 g/mol. The van der Waals surface area contributed by atoms with Crippen LogP contribution in [0.5, 0.6) is 0 Å². The van der Waals surface area contributed by atoms with Crippen molar-refractivity contribution in [3.8, 4) is 0 Å². The molecule has 112 valence electrons. The summed E-state index contributed by atoms with van der Waals surface area (Å²) in [6.07, 6.45) is -4.38. The summed E-state index contributed by atoms with van der Waals surface area (Å²) in [5.41, 5.74) is 0.564. The minimum Gasteiger partial charge on any atom is -0.345 e. The van der Waals surface area contributed by atoms with Crippen LogP contribution >= 0.6 is 11.3 Å². The molecule has 1 heterocycles. The van der Waals surface area contributed by atoms with Crippen molar-refractivity contribution in [1.82, 2.24) is 5.32 Å². The minimum atomic E-state index is -4.38. The summed E-state index contributed by atoms with van der Waals surface area (Å²) in [7, 11) is 0. The fourth-order valence-corrected chi connectivity index (χ4v) is 2.76. The van der Waals surface area contributed by atoms with Gasteiger partial charge in [-0.2, -0.15) is 13.2 Å². The molecule has 21 heavy (non-hydrogen) atoms. The molecule has 2 rings (SSSR count). The molecule has 1 aromatic heterocycles. The molecule has 6 heteroatoms. The number of rotatable bonds is 3. The van der Waals surface area contributed by atoms with Crippen molar-refractivity contribution >= 4 is 17.2 Å². The van der Waals surface area contributed by atoms with Gasteiger partial charge in [0.1, 0.15) is 0 Å². The molecule has 0 fully saturated rings. The number of benzene rings is 1. The molecule has 1 atom stereocenters. The number of carbonyl (C=O) groups is 1. The van der Waals surface area contributed by atoms with Gasteiger partial charge in [-0.15, -0.1) is 11.3 Å². The second kappa shape index (κ2) is 5.89. The van der Waals surface area contributed by atoms with Gasteiger partial charge in [-0.25, -0.2) is 0 Å². The summed E-state index contributed by atoms with van der Waals surface area (Å²) in [5, 5.41) is 4.53. The number of nitrogens with one attached hydrogen (secondary N) is 1. The summed E-state index contributed by atoms with van der Waals surface area (Å²) in [6.45, 7) is 3.48. The molecule has 0 aliphatic carbocycles. The van der Waals surface area contributed by atoms with Gasteiger partial charge in [0, 0.05) is 0 Å². The van der Waals surface area contributed by atoms with Crippen LogP contribution in [0.4, 0.5) is 13.2 Å². The van der Waals surface area contributed by atoms with Gasteiger partial charge in [0.15, 0.2) is 0 Å². The highest BCUT2D eigenvalue weighted by atomic mass is 32.1. The Morgan fingerprint density at radius 2 is 2.00 bits per heavy atom. The Labute approximate surface area is 124 Å². The second-order valence-electron chi connectivity index (χ2n) is 4.75. The molecule has 0 aliphatic heterocycles.